The van der Waals surface area contributed by atoms with Crippen molar-refractivity contribution in [1.82, 2.24) is 14.9 Å². The number of likely N-dealkylation sites (tertiary alicyclic amines) is 1. The average Bonchev–Trinajstić information content (AvgIpc) is 2.74. The van der Waals surface area contributed by atoms with E-state index in [0.29, 0.717) is 23.7 Å². The third kappa shape index (κ3) is 4.82. The number of nitrogen functional groups attached to an aromatic ring is 1. The fourth-order valence-corrected chi connectivity index (χ4v) is 3.44. The lowest BCUT2D eigenvalue weighted by Crippen LogP contribution is -2.42. The molecule has 8 nitrogen and oxygen atoms in total. The number of carbonyl (C=O) groups excluding carboxylic acids is 2. The summed E-state index contributed by atoms with van der Waals surface area (Å²) in [4.78, 5) is 35.2. The van der Waals surface area contributed by atoms with Gasteiger partial charge in [-0.2, -0.15) is 4.98 Å². The van der Waals surface area contributed by atoms with Crippen LogP contribution in [0.25, 0.3) is 0 Å². The number of ketones is 1. The van der Waals surface area contributed by atoms with Crippen LogP contribution in [0.1, 0.15) is 48.5 Å². The number of methoxy groups -OCH3 is 1. The van der Waals surface area contributed by atoms with Crippen molar-refractivity contribution in [3.05, 3.63) is 41.6 Å². The molecule has 1 amide bonds. The highest BCUT2D eigenvalue weighted by molar-refractivity contribution is 6.13. The van der Waals surface area contributed by atoms with Crippen LogP contribution in [0.3, 0.4) is 0 Å². The molecule has 3 N–H and O–H groups in total. The molecular formula is C21H27N5O3. The SMILES string of the molecule is CCCC(=O)N1CCC(Nc2ncc(C(=O)c3ccccc3OC)c(N)n2)CC1. The first kappa shape index (κ1) is 20.6. The van der Waals surface area contributed by atoms with Crippen molar-refractivity contribution in [3.63, 3.8) is 0 Å². The Labute approximate surface area is 170 Å². The van der Waals surface area contributed by atoms with E-state index in [2.05, 4.69) is 15.3 Å². The molecule has 0 atom stereocenters. The highest BCUT2D eigenvalue weighted by Crippen LogP contribution is 2.24. The van der Waals surface area contributed by atoms with E-state index in [1.807, 2.05) is 11.8 Å². The zero-order valence-electron chi connectivity index (χ0n) is 16.9. The number of nitrogens with one attached hydrogen (secondary N) is 1. The molecule has 1 aliphatic rings. The van der Waals surface area contributed by atoms with E-state index in [1.54, 1.807) is 24.3 Å². The molecule has 1 aromatic heterocycles. The number of carbonyl (C=O) groups is 2. The number of hydrogen-bond donors (Lipinski definition) is 2. The average molecular weight is 397 g/mol. The Kier molecular flexibility index (Phi) is 6.64. The van der Waals surface area contributed by atoms with Gasteiger partial charge < -0.3 is 20.7 Å². The molecule has 0 unspecified atom stereocenters. The van der Waals surface area contributed by atoms with Gasteiger partial charge in [-0.25, -0.2) is 4.98 Å². The van der Waals surface area contributed by atoms with E-state index in [4.69, 9.17) is 10.5 Å². The van der Waals surface area contributed by atoms with Gasteiger partial charge >= 0.3 is 0 Å². The molecule has 1 aromatic carbocycles. The number of ether oxygens (including phenoxy) is 1. The fourth-order valence-electron chi connectivity index (χ4n) is 3.44. The predicted molar refractivity (Wildman–Crippen MR) is 111 cm³/mol. The van der Waals surface area contributed by atoms with Crippen LogP contribution in [0.15, 0.2) is 30.5 Å². The molecule has 1 aliphatic heterocycles. The van der Waals surface area contributed by atoms with Crippen LogP contribution >= 0.6 is 0 Å². The van der Waals surface area contributed by atoms with E-state index in [-0.39, 0.29) is 29.1 Å². The maximum Gasteiger partial charge on any atom is 0.224 e. The van der Waals surface area contributed by atoms with Crippen molar-refractivity contribution >= 4 is 23.5 Å². The van der Waals surface area contributed by atoms with Crippen molar-refractivity contribution in [1.29, 1.82) is 0 Å². The molecule has 0 spiro atoms. The highest BCUT2D eigenvalue weighted by atomic mass is 16.5. The zero-order chi connectivity index (χ0) is 20.8. The Hall–Kier alpha value is -3.16. The lowest BCUT2D eigenvalue weighted by Gasteiger charge is -2.32. The van der Waals surface area contributed by atoms with Gasteiger partial charge in [-0.05, 0) is 31.4 Å². The summed E-state index contributed by atoms with van der Waals surface area (Å²) < 4.78 is 5.25. The molecule has 29 heavy (non-hydrogen) atoms. The van der Waals surface area contributed by atoms with Crippen molar-refractivity contribution in [2.45, 2.75) is 38.6 Å². The smallest absolute Gasteiger partial charge is 0.224 e. The minimum absolute atomic E-state index is 0.119. The molecule has 0 radical (unpaired) electrons. The summed E-state index contributed by atoms with van der Waals surface area (Å²) in [5.74, 6) is 0.912. The maximum atomic E-state index is 12.8. The minimum Gasteiger partial charge on any atom is -0.496 e. The first-order valence-corrected chi connectivity index (χ1v) is 9.88. The standard InChI is InChI=1S/C21H27N5O3/c1-3-6-18(27)26-11-9-14(10-12-26)24-21-23-13-16(20(22)25-21)19(28)15-7-4-5-8-17(15)29-2/h4-5,7-8,13-14H,3,6,9-12H2,1-2H3,(H3,22,23,24,25). The number of aromatic nitrogens is 2. The number of para-hydroxylation sites is 1. The lowest BCUT2D eigenvalue weighted by molar-refractivity contribution is -0.132. The summed E-state index contributed by atoms with van der Waals surface area (Å²) in [5, 5.41) is 3.27. The summed E-state index contributed by atoms with van der Waals surface area (Å²) in [6, 6.07) is 7.12. The second kappa shape index (κ2) is 9.36. The third-order valence-corrected chi connectivity index (χ3v) is 5.06. The lowest BCUT2D eigenvalue weighted by atomic mass is 10.0. The molecule has 2 aromatic rings. The highest BCUT2D eigenvalue weighted by Gasteiger charge is 2.23. The van der Waals surface area contributed by atoms with Gasteiger partial charge in [-0.1, -0.05) is 19.1 Å². The number of amides is 1. The van der Waals surface area contributed by atoms with E-state index < -0.39 is 0 Å². The first-order valence-electron chi connectivity index (χ1n) is 9.88. The molecule has 1 saturated heterocycles. The van der Waals surface area contributed by atoms with Gasteiger partial charge in [-0.15, -0.1) is 0 Å². The fraction of sp³-hybridized carbons (Fsp3) is 0.429. The van der Waals surface area contributed by atoms with E-state index in [9.17, 15) is 9.59 Å². The van der Waals surface area contributed by atoms with E-state index in [1.165, 1.54) is 13.3 Å². The molecule has 0 bridgehead atoms. The third-order valence-electron chi connectivity index (χ3n) is 5.06. The summed E-state index contributed by atoms with van der Waals surface area (Å²) in [7, 11) is 1.51. The molecule has 0 saturated carbocycles. The van der Waals surface area contributed by atoms with Gasteiger partial charge in [0.05, 0.1) is 18.2 Å². The molecule has 1 fully saturated rings. The van der Waals surface area contributed by atoms with Crippen LogP contribution in [0.2, 0.25) is 0 Å². The second-order valence-corrected chi connectivity index (χ2v) is 7.07. The second-order valence-electron chi connectivity index (χ2n) is 7.07. The van der Waals surface area contributed by atoms with Crippen molar-refractivity contribution in [2.24, 2.45) is 0 Å². The molecule has 154 valence electrons. The van der Waals surface area contributed by atoms with Crippen molar-refractivity contribution < 1.29 is 14.3 Å². The Balaban J connectivity index is 1.65. The Bertz CT molecular complexity index is 878. The van der Waals surface area contributed by atoms with E-state index in [0.717, 1.165) is 32.4 Å². The summed E-state index contributed by atoms with van der Waals surface area (Å²) >= 11 is 0. The molecule has 0 aliphatic carbocycles. The predicted octanol–water partition coefficient (Wildman–Crippen LogP) is 2.50. The van der Waals surface area contributed by atoms with Gasteiger partial charge in [0.25, 0.3) is 0 Å². The quantitative estimate of drug-likeness (QED) is 0.691. The topological polar surface area (TPSA) is 110 Å². The number of hydrogen-bond acceptors (Lipinski definition) is 7. The van der Waals surface area contributed by atoms with Crippen LogP contribution in [0.4, 0.5) is 11.8 Å². The Morgan fingerprint density at radius 1 is 1.24 bits per heavy atom. The number of anilines is 2. The van der Waals surface area contributed by atoms with Crippen molar-refractivity contribution in [3.8, 4) is 5.75 Å². The summed E-state index contributed by atoms with van der Waals surface area (Å²) in [6.45, 7) is 3.45. The number of nitrogens with zero attached hydrogens (tertiary/aromatic N) is 3. The zero-order valence-corrected chi connectivity index (χ0v) is 16.9. The number of rotatable bonds is 7. The summed E-state index contributed by atoms with van der Waals surface area (Å²) in [6.07, 6.45) is 4.55. The Morgan fingerprint density at radius 3 is 2.62 bits per heavy atom. The van der Waals surface area contributed by atoms with Crippen LogP contribution < -0.4 is 15.8 Å². The summed E-state index contributed by atoms with van der Waals surface area (Å²) in [5.41, 5.74) is 6.69. The first-order chi connectivity index (χ1) is 14.0. The number of nitrogens with two attached hydrogens (primary N) is 1. The van der Waals surface area contributed by atoms with Gasteiger partial charge in [0.2, 0.25) is 17.6 Å². The van der Waals surface area contributed by atoms with Gasteiger partial charge in [0, 0.05) is 31.7 Å². The van der Waals surface area contributed by atoms with Gasteiger partial charge in [0.1, 0.15) is 11.6 Å². The number of piperidine rings is 1. The van der Waals surface area contributed by atoms with Gasteiger partial charge in [0.15, 0.2) is 0 Å². The monoisotopic (exact) mass is 397 g/mol. The molecule has 8 heteroatoms. The van der Waals surface area contributed by atoms with Gasteiger partial charge in [-0.3, -0.25) is 9.59 Å². The molecule has 3 rings (SSSR count). The largest absolute Gasteiger partial charge is 0.496 e. The molecule has 2 heterocycles. The number of benzene rings is 1. The van der Waals surface area contributed by atoms with Crippen molar-refractivity contribution in [2.75, 3.05) is 31.2 Å². The minimum atomic E-state index is -0.283. The maximum absolute atomic E-state index is 12.8. The Morgan fingerprint density at radius 2 is 1.97 bits per heavy atom. The molecular weight excluding hydrogens is 370 g/mol. The normalized spacial score (nSPS) is 14.5. The van der Waals surface area contributed by atoms with Crippen LogP contribution in [-0.4, -0.2) is 52.8 Å². The van der Waals surface area contributed by atoms with Crippen LogP contribution in [0.5, 0.6) is 5.75 Å². The van der Waals surface area contributed by atoms with E-state index >= 15 is 0 Å². The van der Waals surface area contributed by atoms with Crippen LogP contribution in [0, 0.1) is 0 Å². The van der Waals surface area contributed by atoms with Crippen LogP contribution in [-0.2, 0) is 4.79 Å².